The van der Waals surface area contributed by atoms with E-state index in [4.69, 9.17) is 5.73 Å². The van der Waals surface area contributed by atoms with Crippen LogP contribution in [-0.2, 0) is 6.18 Å². The SMILES string of the molecule is CC(c1ccc(C(F)(F)F)cc1)n1cnc(N)c1. The molecular weight excluding hydrogens is 243 g/mol. The van der Waals surface area contributed by atoms with Gasteiger partial charge in [-0.1, -0.05) is 12.1 Å². The van der Waals surface area contributed by atoms with Gasteiger partial charge in [0.25, 0.3) is 0 Å². The number of anilines is 1. The van der Waals surface area contributed by atoms with Gasteiger partial charge in [0.2, 0.25) is 0 Å². The van der Waals surface area contributed by atoms with Gasteiger partial charge in [0, 0.05) is 6.20 Å². The Labute approximate surface area is 102 Å². The fourth-order valence-electron chi connectivity index (χ4n) is 1.69. The second kappa shape index (κ2) is 4.36. The summed E-state index contributed by atoms with van der Waals surface area (Å²) in [7, 11) is 0. The van der Waals surface area contributed by atoms with Gasteiger partial charge >= 0.3 is 6.18 Å². The molecule has 0 fully saturated rings. The molecule has 0 radical (unpaired) electrons. The van der Waals surface area contributed by atoms with E-state index in [0.717, 1.165) is 17.7 Å². The minimum atomic E-state index is -4.30. The first kappa shape index (κ1) is 12.5. The Morgan fingerprint density at radius 2 is 1.83 bits per heavy atom. The summed E-state index contributed by atoms with van der Waals surface area (Å²) in [4.78, 5) is 3.88. The van der Waals surface area contributed by atoms with Gasteiger partial charge < -0.3 is 10.3 Å². The molecule has 1 heterocycles. The van der Waals surface area contributed by atoms with E-state index in [-0.39, 0.29) is 6.04 Å². The molecule has 1 unspecified atom stereocenters. The van der Waals surface area contributed by atoms with Gasteiger partial charge in [-0.25, -0.2) is 4.98 Å². The summed E-state index contributed by atoms with van der Waals surface area (Å²) >= 11 is 0. The lowest BCUT2D eigenvalue weighted by molar-refractivity contribution is -0.137. The molecule has 1 aromatic heterocycles. The molecule has 3 nitrogen and oxygen atoms in total. The highest BCUT2D eigenvalue weighted by molar-refractivity contribution is 5.29. The molecule has 0 aliphatic rings. The number of alkyl halides is 3. The number of aromatic nitrogens is 2. The number of hydrogen-bond acceptors (Lipinski definition) is 2. The van der Waals surface area contributed by atoms with Gasteiger partial charge in [-0.05, 0) is 24.6 Å². The molecule has 0 spiro atoms. The second-order valence-corrected chi connectivity index (χ2v) is 4.04. The first-order valence-corrected chi connectivity index (χ1v) is 5.34. The highest BCUT2D eigenvalue weighted by Gasteiger charge is 2.30. The zero-order chi connectivity index (χ0) is 13.3. The molecule has 18 heavy (non-hydrogen) atoms. The fraction of sp³-hybridized carbons (Fsp3) is 0.250. The zero-order valence-electron chi connectivity index (χ0n) is 9.65. The topological polar surface area (TPSA) is 43.8 Å². The summed E-state index contributed by atoms with van der Waals surface area (Å²) in [5.41, 5.74) is 5.61. The number of benzene rings is 1. The van der Waals surface area contributed by atoms with Gasteiger partial charge in [-0.15, -0.1) is 0 Å². The minimum absolute atomic E-state index is 0.114. The van der Waals surface area contributed by atoms with Gasteiger partial charge in [0.05, 0.1) is 17.9 Å². The number of imidazole rings is 1. The molecular formula is C12H12F3N3. The molecule has 0 aliphatic carbocycles. The third-order valence-corrected chi connectivity index (χ3v) is 2.79. The van der Waals surface area contributed by atoms with Crippen molar-refractivity contribution >= 4 is 5.82 Å². The number of nitrogens with zero attached hydrogens (tertiary/aromatic N) is 2. The van der Waals surface area contributed by atoms with Crippen molar-refractivity contribution in [3.05, 3.63) is 47.9 Å². The molecule has 0 amide bonds. The molecule has 2 aromatic rings. The third-order valence-electron chi connectivity index (χ3n) is 2.79. The quantitative estimate of drug-likeness (QED) is 0.896. The molecule has 2 rings (SSSR count). The first-order chi connectivity index (χ1) is 8.38. The number of nitrogens with two attached hydrogens (primary N) is 1. The van der Waals surface area contributed by atoms with Crippen molar-refractivity contribution in [2.24, 2.45) is 0 Å². The summed E-state index contributed by atoms with van der Waals surface area (Å²) in [6.45, 7) is 1.86. The maximum absolute atomic E-state index is 12.4. The van der Waals surface area contributed by atoms with Crippen LogP contribution in [0.5, 0.6) is 0 Å². The van der Waals surface area contributed by atoms with E-state index in [1.165, 1.54) is 12.1 Å². The summed E-state index contributed by atoms with van der Waals surface area (Å²) < 4.78 is 39.0. The largest absolute Gasteiger partial charge is 0.416 e. The number of hydrogen-bond donors (Lipinski definition) is 1. The summed E-state index contributed by atoms with van der Waals surface area (Å²) in [5, 5.41) is 0. The third kappa shape index (κ3) is 2.47. The molecule has 2 N–H and O–H groups in total. The van der Waals surface area contributed by atoms with Crippen molar-refractivity contribution < 1.29 is 13.2 Å². The molecule has 0 saturated carbocycles. The predicted molar refractivity (Wildman–Crippen MR) is 61.9 cm³/mol. The maximum atomic E-state index is 12.4. The van der Waals surface area contributed by atoms with Gasteiger partial charge in [-0.3, -0.25) is 0 Å². The van der Waals surface area contributed by atoms with E-state index >= 15 is 0 Å². The Bertz CT molecular complexity index is 528. The second-order valence-electron chi connectivity index (χ2n) is 4.04. The van der Waals surface area contributed by atoms with Crippen molar-refractivity contribution in [2.75, 3.05) is 5.73 Å². The molecule has 6 heteroatoms. The van der Waals surface area contributed by atoms with Crippen molar-refractivity contribution in [3.8, 4) is 0 Å². The van der Waals surface area contributed by atoms with Gasteiger partial charge in [-0.2, -0.15) is 13.2 Å². The van der Waals surface area contributed by atoms with Crippen molar-refractivity contribution in [1.29, 1.82) is 0 Å². The van der Waals surface area contributed by atoms with Crippen molar-refractivity contribution in [3.63, 3.8) is 0 Å². The van der Waals surface area contributed by atoms with E-state index in [2.05, 4.69) is 4.98 Å². The van der Waals surface area contributed by atoms with Crippen LogP contribution in [-0.4, -0.2) is 9.55 Å². The standard InChI is InChI=1S/C12H12F3N3/c1-8(18-6-11(16)17-7-18)9-2-4-10(5-3-9)12(13,14)15/h2-8H,16H2,1H3. The molecule has 0 aliphatic heterocycles. The maximum Gasteiger partial charge on any atom is 0.416 e. The van der Waals surface area contributed by atoms with Crippen LogP contribution in [0, 0.1) is 0 Å². The van der Waals surface area contributed by atoms with Gasteiger partial charge in [0.15, 0.2) is 0 Å². The van der Waals surface area contributed by atoms with Crippen LogP contribution < -0.4 is 5.73 Å². The average molecular weight is 255 g/mol. The summed E-state index contributed by atoms with van der Waals surface area (Å²) in [6, 6.07) is 4.96. The van der Waals surface area contributed by atoms with E-state index in [9.17, 15) is 13.2 Å². The molecule has 96 valence electrons. The number of rotatable bonds is 2. The zero-order valence-corrected chi connectivity index (χ0v) is 9.65. The molecule has 1 aromatic carbocycles. The lowest BCUT2D eigenvalue weighted by atomic mass is 10.1. The minimum Gasteiger partial charge on any atom is -0.382 e. The first-order valence-electron chi connectivity index (χ1n) is 5.34. The average Bonchev–Trinajstić information content (AvgIpc) is 2.74. The van der Waals surface area contributed by atoms with Crippen LogP contribution in [0.3, 0.4) is 0 Å². The van der Waals surface area contributed by atoms with E-state index in [1.807, 2.05) is 6.92 Å². The number of nitrogen functional groups attached to an aromatic ring is 1. The van der Waals surface area contributed by atoms with Crippen LogP contribution in [0.2, 0.25) is 0 Å². The molecule has 0 bridgehead atoms. The highest BCUT2D eigenvalue weighted by Crippen LogP contribution is 2.30. The van der Waals surface area contributed by atoms with Crippen LogP contribution in [0.15, 0.2) is 36.8 Å². The van der Waals surface area contributed by atoms with Crippen LogP contribution in [0.1, 0.15) is 24.1 Å². The smallest absolute Gasteiger partial charge is 0.382 e. The highest BCUT2D eigenvalue weighted by atomic mass is 19.4. The Morgan fingerprint density at radius 1 is 1.22 bits per heavy atom. The normalized spacial score (nSPS) is 13.6. The van der Waals surface area contributed by atoms with E-state index < -0.39 is 11.7 Å². The summed E-state index contributed by atoms with van der Waals surface area (Å²) in [6.07, 6.45) is -1.11. The lowest BCUT2D eigenvalue weighted by Gasteiger charge is -2.14. The van der Waals surface area contributed by atoms with Crippen LogP contribution in [0.25, 0.3) is 0 Å². The molecule has 1 atom stereocenters. The fourth-order valence-corrected chi connectivity index (χ4v) is 1.69. The Kier molecular flexibility index (Phi) is 3.02. The Balaban J connectivity index is 2.24. The number of halogens is 3. The van der Waals surface area contributed by atoms with Crippen LogP contribution >= 0.6 is 0 Å². The van der Waals surface area contributed by atoms with Crippen LogP contribution in [0.4, 0.5) is 19.0 Å². The van der Waals surface area contributed by atoms with Gasteiger partial charge in [0.1, 0.15) is 5.82 Å². The Hall–Kier alpha value is -1.98. The summed E-state index contributed by atoms with van der Waals surface area (Å²) in [5.74, 6) is 0.383. The monoisotopic (exact) mass is 255 g/mol. The lowest BCUT2D eigenvalue weighted by Crippen LogP contribution is -2.07. The van der Waals surface area contributed by atoms with E-state index in [1.54, 1.807) is 17.1 Å². The Morgan fingerprint density at radius 3 is 2.28 bits per heavy atom. The van der Waals surface area contributed by atoms with E-state index in [0.29, 0.717) is 5.82 Å². The predicted octanol–water partition coefficient (Wildman–Crippen LogP) is 3.09. The van der Waals surface area contributed by atoms with Crippen molar-refractivity contribution in [2.45, 2.75) is 19.1 Å². The van der Waals surface area contributed by atoms with Crippen molar-refractivity contribution in [1.82, 2.24) is 9.55 Å². The molecule has 0 saturated heterocycles.